The maximum Gasteiger partial charge on any atom is 0.323 e. The van der Waals surface area contributed by atoms with Crippen LogP contribution in [-0.4, -0.2) is 66.8 Å². The number of carbonyl (C=O) groups excluding carboxylic acids is 1. The van der Waals surface area contributed by atoms with Crippen LogP contribution in [0.2, 0.25) is 0 Å². The number of hydrogen-bond donors (Lipinski definition) is 1. The average molecular weight is 304 g/mol. The van der Waals surface area contributed by atoms with E-state index in [1.807, 2.05) is 30.0 Å². The van der Waals surface area contributed by atoms with Gasteiger partial charge in [0.05, 0.1) is 13.2 Å². The number of rotatable bonds is 3. The number of nitrogens with one attached hydrogen (secondary N) is 1. The van der Waals surface area contributed by atoms with Crippen molar-refractivity contribution in [2.75, 3.05) is 51.3 Å². The van der Waals surface area contributed by atoms with Gasteiger partial charge in [-0.25, -0.2) is 9.78 Å². The molecule has 2 aliphatic heterocycles. The smallest absolute Gasteiger partial charge is 0.323 e. The van der Waals surface area contributed by atoms with Crippen molar-refractivity contribution in [3.8, 4) is 0 Å². The van der Waals surface area contributed by atoms with Crippen molar-refractivity contribution in [2.45, 2.75) is 13.3 Å². The minimum atomic E-state index is -0.0393. The first-order valence-electron chi connectivity index (χ1n) is 8.00. The van der Waals surface area contributed by atoms with E-state index in [2.05, 4.69) is 15.2 Å². The normalized spacial score (nSPS) is 22.8. The first-order valence-corrected chi connectivity index (χ1v) is 8.00. The lowest BCUT2D eigenvalue weighted by atomic mass is 10.1. The molecular weight excluding hydrogens is 280 g/mol. The maximum atomic E-state index is 12.3. The van der Waals surface area contributed by atoms with Crippen molar-refractivity contribution >= 4 is 11.8 Å². The largest absolute Gasteiger partial charge is 0.379 e. The Morgan fingerprint density at radius 3 is 2.95 bits per heavy atom. The second-order valence-electron chi connectivity index (χ2n) is 6.11. The summed E-state index contributed by atoms with van der Waals surface area (Å²) in [7, 11) is 0. The minimum absolute atomic E-state index is 0.0393. The summed E-state index contributed by atoms with van der Waals surface area (Å²) in [6, 6.07) is 5.61. The molecule has 2 saturated heterocycles. The number of aromatic nitrogens is 1. The van der Waals surface area contributed by atoms with E-state index in [4.69, 9.17) is 4.74 Å². The summed E-state index contributed by atoms with van der Waals surface area (Å²) in [5.74, 6) is 1.19. The van der Waals surface area contributed by atoms with E-state index in [0.717, 1.165) is 58.1 Å². The molecule has 3 heterocycles. The Hall–Kier alpha value is -1.66. The summed E-state index contributed by atoms with van der Waals surface area (Å²) in [6.07, 6.45) is 1.08. The summed E-state index contributed by atoms with van der Waals surface area (Å²) < 4.78 is 5.38. The van der Waals surface area contributed by atoms with Crippen LogP contribution in [0.5, 0.6) is 0 Å². The fraction of sp³-hybridized carbons (Fsp3) is 0.625. The Kier molecular flexibility index (Phi) is 4.90. The molecule has 22 heavy (non-hydrogen) atoms. The zero-order chi connectivity index (χ0) is 15.4. The van der Waals surface area contributed by atoms with Crippen molar-refractivity contribution < 1.29 is 9.53 Å². The van der Waals surface area contributed by atoms with Gasteiger partial charge >= 0.3 is 6.03 Å². The number of pyridine rings is 1. The number of likely N-dealkylation sites (tertiary alicyclic amines) is 1. The molecular formula is C16H24N4O2. The Bertz CT molecular complexity index is 517. The quantitative estimate of drug-likeness (QED) is 0.921. The molecule has 2 aliphatic rings. The summed E-state index contributed by atoms with van der Waals surface area (Å²) >= 11 is 0. The molecule has 0 spiro atoms. The molecule has 6 heteroatoms. The molecule has 0 saturated carbocycles. The van der Waals surface area contributed by atoms with Gasteiger partial charge in [-0.15, -0.1) is 0 Å². The Balaban J connectivity index is 1.48. The molecule has 0 aliphatic carbocycles. The first kappa shape index (κ1) is 15.2. The highest BCUT2D eigenvalue weighted by molar-refractivity contribution is 5.88. The number of urea groups is 1. The molecule has 0 aromatic carbocycles. The van der Waals surface area contributed by atoms with E-state index in [-0.39, 0.29) is 6.03 Å². The molecule has 6 nitrogen and oxygen atoms in total. The van der Waals surface area contributed by atoms with Crippen molar-refractivity contribution in [3.05, 3.63) is 23.9 Å². The first-order chi connectivity index (χ1) is 10.7. The average Bonchev–Trinajstić information content (AvgIpc) is 2.97. The van der Waals surface area contributed by atoms with Crippen molar-refractivity contribution in [1.29, 1.82) is 0 Å². The number of ether oxygens (including phenoxy) is 1. The highest BCUT2D eigenvalue weighted by atomic mass is 16.5. The monoisotopic (exact) mass is 304 g/mol. The van der Waals surface area contributed by atoms with E-state index in [9.17, 15) is 4.79 Å². The van der Waals surface area contributed by atoms with Gasteiger partial charge in [0, 0.05) is 38.4 Å². The second kappa shape index (κ2) is 7.07. The van der Waals surface area contributed by atoms with E-state index in [0.29, 0.717) is 11.7 Å². The Morgan fingerprint density at radius 1 is 1.36 bits per heavy atom. The van der Waals surface area contributed by atoms with Gasteiger partial charge in [0.15, 0.2) is 0 Å². The van der Waals surface area contributed by atoms with Gasteiger partial charge in [0.2, 0.25) is 0 Å². The highest BCUT2D eigenvalue weighted by Gasteiger charge is 2.28. The van der Waals surface area contributed by atoms with Crippen LogP contribution in [0.3, 0.4) is 0 Å². The predicted octanol–water partition coefficient (Wildman–Crippen LogP) is 1.58. The van der Waals surface area contributed by atoms with Crippen molar-refractivity contribution in [3.63, 3.8) is 0 Å². The molecule has 0 radical (unpaired) electrons. The van der Waals surface area contributed by atoms with E-state index in [1.54, 1.807) is 0 Å². The van der Waals surface area contributed by atoms with E-state index < -0.39 is 0 Å². The number of hydrogen-bond acceptors (Lipinski definition) is 4. The minimum Gasteiger partial charge on any atom is -0.379 e. The molecule has 1 N–H and O–H groups in total. The van der Waals surface area contributed by atoms with Crippen LogP contribution < -0.4 is 5.32 Å². The molecule has 3 rings (SSSR count). The van der Waals surface area contributed by atoms with Crippen LogP contribution in [-0.2, 0) is 4.74 Å². The SMILES string of the molecule is Cc1cccc(NC(=O)N2CC[C@H](CN3CCOCC3)C2)n1. The second-order valence-corrected chi connectivity index (χ2v) is 6.11. The Morgan fingerprint density at radius 2 is 2.18 bits per heavy atom. The van der Waals surface area contributed by atoms with Crippen LogP contribution in [0, 0.1) is 12.8 Å². The highest BCUT2D eigenvalue weighted by Crippen LogP contribution is 2.19. The number of nitrogens with zero attached hydrogens (tertiary/aromatic N) is 3. The topological polar surface area (TPSA) is 57.7 Å². The lowest BCUT2D eigenvalue weighted by molar-refractivity contribution is 0.0314. The fourth-order valence-corrected chi connectivity index (χ4v) is 3.12. The number of anilines is 1. The van der Waals surface area contributed by atoms with E-state index >= 15 is 0 Å². The molecule has 1 aromatic rings. The molecule has 2 fully saturated rings. The van der Waals surface area contributed by atoms with Crippen LogP contribution in [0.1, 0.15) is 12.1 Å². The van der Waals surface area contributed by atoms with Gasteiger partial charge in [0.1, 0.15) is 5.82 Å². The maximum absolute atomic E-state index is 12.3. The zero-order valence-corrected chi connectivity index (χ0v) is 13.1. The van der Waals surface area contributed by atoms with Gasteiger partial charge in [-0.1, -0.05) is 6.07 Å². The van der Waals surface area contributed by atoms with Gasteiger partial charge in [-0.05, 0) is 31.4 Å². The number of amides is 2. The number of morpholine rings is 1. The summed E-state index contributed by atoms with van der Waals surface area (Å²) in [4.78, 5) is 21.0. The van der Waals surface area contributed by atoms with Crippen LogP contribution in [0.25, 0.3) is 0 Å². The molecule has 2 amide bonds. The number of aryl methyl sites for hydroxylation is 1. The molecule has 0 bridgehead atoms. The third-order valence-corrected chi connectivity index (χ3v) is 4.32. The summed E-state index contributed by atoms with van der Waals surface area (Å²) in [5.41, 5.74) is 0.907. The molecule has 1 aromatic heterocycles. The predicted molar refractivity (Wildman–Crippen MR) is 84.9 cm³/mol. The third kappa shape index (κ3) is 3.96. The lowest BCUT2D eigenvalue weighted by Gasteiger charge is -2.29. The van der Waals surface area contributed by atoms with Gasteiger partial charge in [-0.3, -0.25) is 10.2 Å². The molecule has 1 atom stereocenters. The standard InChI is InChI=1S/C16H24N4O2/c1-13-3-2-4-15(17-13)18-16(21)20-6-5-14(12-20)11-19-7-9-22-10-8-19/h2-4,14H,5-12H2,1H3,(H,17,18,21)/t14-/m1/s1. The fourth-order valence-electron chi connectivity index (χ4n) is 3.12. The van der Waals surface area contributed by atoms with Crippen LogP contribution in [0.4, 0.5) is 10.6 Å². The van der Waals surface area contributed by atoms with Gasteiger partial charge in [0.25, 0.3) is 0 Å². The van der Waals surface area contributed by atoms with Crippen molar-refractivity contribution in [1.82, 2.24) is 14.8 Å². The van der Waals surface area contributed by atoms with E-state index in [1.165, 1.54) is 0 Å². The number of carbonyl (C=O) groups is 1. The van der Waals surface area contributed by atoms with Crippen LogP contribution in [0.15, 0.2) is 18.2 Å². The lowest BCUT2D eigenvalue weighted by Crippen LogP contribution is -2.40. The summed E-state index contributed by atoms with van der Waals surface area (Å²) in [6.45, 7) is 8.32. The van der Waals surface area contributed by atoms with Crippen molar-refractivity contribution in [2.24, 2.45) is 5.92 Å². The summed E-state index contributed by atoms with van der Waals surface area (Å²) in [5, 5.41) is 2.89. The molecule has 0 unspecified atom stereocenters. The third-order valence-electron chi connectivity index (χ3n) is 4.32. The Labute approximate surface area is 131 Å². The molecule has 120 valence electrons. The van der Waals surface area contributed by atoms with Gasteiger partial charge in [-0.2, -0.15) is 0 Å². The van der Waals surface area contributed by atoms with Gasteiger partial charge < -0.3 is 9.64 Å². The zero-order valence-electron chi connectivity index (χ0n) is 13.1. The van der Waals surface area contributed by atoms with Crippen LogP contribution >= 0.6 is 0 Å².